The second-order valence-corrected chi connectivity index (χ2v) is 7.36. The van der Waals surface area contributed by atoms with Gasteiger partial charge in [0.15, 0.2) is 11.6 Å². The summed E-state index contributed by atoms with van der Waals surface area (Å²) in [6, 6.07) is 9.66. The van der Waals surface area contributed by atoms with Crippen LogP contribution in [0.15, 0.2) is 54.7 Å². The Morgan fingerprint density at radius 1 is 1.14 bits per heavy atom. The zero-order valence-electron chi connectivity index (χ0n) is 15.4. The SMILES string of the molecule is C=C(CCC1(C(=O)Nc2ccc(F)c(F)c2)COC1)NC(=O)c1cccc(Cl)c1. The molecule has 5 nitrogen and oxygen atoms in total. The van der Waals surface area contributed by atoms with Crippen molar-refractivity contribution < 1.29 is 23.1 Å². The maximum Gasteiger partial charge on any atom is 0.255 e. The van der Waals surface area contributed by atoms with E-state index in [-0.39, 0.29) is 30.7 Å². The fraction of sp³-hybridized carbons (Fsp3) is 0.238. The van der Waals surface area contributed by atoms with Gasteiger partial charge in [-0.2, -0.15) is 0 Å². The van der Waals surface area contributed by atoms with Crippen molar-refractivity contribution in [3.05, 3.63) is 77.0 Å². The van der Waals surface area contributed by atoms with Crippen LogP contribution in [0.5, 0.6) is 0 Å². The number of allylic oxidation sites excluding steroid dienone is 1. The number of anilines is 1. The molecule has 8 heteroatoms. The molecule has 1 saturated heterocycles. The Hall–Kier alpha value is -2.77. The molecule has 2 aromatic rings. The van der Waals surface area contributed by atoms with E-state index >= 15 is 0 Å². The molecule has 1 heterocycles. The number of benzene rings is 2. The summed E-state index contributed by atoms with van der Waals surface area (Å²) in [5.41, 5.74) is 0.181. The van der Waals surface area contributed by atoms with E-state index in [0.717, 1.165) is 12.1 Å². The van der Waals surface area contributed by atoms with Crippen LogP contribution in [0.4, 0.5) is 14.5 Å². The van der Waals surface area contributed by atoms with E-state index in [9.17, 15) is 18.4 Å². The van der Waals surface area contributed by atoms with Gasteiger partial charge in [0.1, 0.15) is 0 Å². The van der Waals surface area contributed by atoms with Gasteiger partial charge in [-0.25, -0.2) is 8.78 Å². The Morgan fingerprint density at radius 3 is 2.52 bits per heavy atom. The standard InChI is InChI=1S/C21H19ClF2N2O3/c1-13(25-19(27)14-3-2-4-15(22)9-14)7-8-21(11-29-12-21)20(28)26-16-5-6-17(23)18(24)10-16/h2-6,9-10H,1,7-8,11-12H2,(H,25,27)(H,26,28). The predicted octanol–water partition coefficient (Wildman–Crippen LogP) is 4.30. The average molecular weight is 421 g/mol. The largest absolute Gasteiger partial charge is 0.379 e. The number of amides is 2. The number of hydrogen-bond donors (Lipinski definition) is 2. The van der Waals surface area contributed by atoms with E-state index < -0.39 is 17.0 Å². The third-order valence-electron chi connectivity index (χ3n) is 4.70. The number of ether oxygens (including phenoxy) is 1. The van der Waals surface area contributed by atoms with Crippen LogP contribution < -0.4 is 10.6 Å². The lowest BCUT2D eigenvalue weighted by atomic mass is 9.79. The van der Waals surface area contributed by atoms with Crippen LogP contribution in [0.3, 0.4) is 0 Å². The molecule has 0 radical (unpaired) electrons. The van der Waals surface area contributed by atoms with Gasteiger partial charge in [-0.3, -0.25) is 9.59 Å². The van der Waals surface area contributed by atoms with Crippen LogP contribution >= 0.6 is 11.6 Å². The normalized spacial score (nSPS) is 14.6. The van der Waals surface area contributed by atoms with Crippen molar-refractivity contribution in [1.29, 1.82) is 0 Å². The zero-order chi connectivity index (χ0) is 21.0. The minimum Gasteiger partial charge on any atom is -0.379 e. The molecular formula is C21H19ClF2N2O3. The summed E-state index contributed by atoms with van der Waals surface area (Å²) in [4.78, 5) is 24.9. The molecule has 0 spiro atoms. The first-order valence-electron chi connectivity index (χ1n) is 8.88. The quantitative estimate of drug-likeness (QED) is 0.702. The predicted molar refractivity (Wildman–Crippen MR) is 106 cm³/mol. The minimum atomic E-state index is -1.04. The van der Waals surface area contributed by atoms with Crippen molar-refractivity contribution in [2.45, 2.75) is 12.8 Å². The van der Waals surface area contributed by atoms with E-state index in [1.54, 1.807) is 24.3 Å². The summed E-state index contributed by atoms with van der Waals surface area (Å²) < 4.78 is 31.6. The zero-order valence-corrected chi connectivity index (χ0v) is 16.2. The number of hydrogen-bond acceptors (Lipinski definition) is 3. The Balaban J connectivity index is 1.57. The van der Waals surface area contributed by atoms with Crippen LogP contribution in [-0.2, 0) is 9.53 Å². The highest BCUT2D eigenvalue weighted by atomic mass is 35.5. The van der Waals surface area contributed by atoms with Crippen LogP contribution in [0.1, 0.15) is 23.2 Å². The molecule has 0 aliphatic carbocycles. The van der Waals surface area contributed by atoms with Crippen molar-refractivity contribution in [2.75, 3.05) is 18.5 Å². The van der Waals surface area contributed by atoms with Gasteiger partial charge in [0.2, 0.25) is 5.91 Å². The van der Waals surface area contributed by atoms with Gasteiger partial charge in [-0.1, -0.05) is 24.2 Å². The van der Waals surface area contributed by atoms with Gasteiger partial charge >= 0.3 is 0 Å². The van der Waals surface area contributed by atoms with Crippen LogP contribution in [0.2, 0.25) is 5.02 Å². The molecule has 0 saturated carbocycles. The van der Waals surface area contributed by atoms with Gasteiger partial charge in [0.05, 0.1) is 18.6 Å². The van der Waals surface area contributed by atoms with Gasteiger partial charge in [-0.15, -0.1) is 0 Å². The molecule has 29 heavy (non-hydrogen) atoms. The van der Waals surface area contributed by atoms with Gasteiger partial charge < -0.3 is 15.4 Å². The lowest BCUT2D eigenvalue weighted by Gasteiger charge is -2.40. The second-order valence-electron chi connectivity index (χ2n) is 6.92. The van der Waals surface area contributed by atoms with Gasteiger partial charge in [0.25, 0.3) is 5.91 Å². The Bertz CT molecular complexity index is 961. The first kappa shape index (κ1) is 21.0. The molecule has 152 valence electrons. The minimum absolute atomic E-state index is 0.160. The lowest BCUT2D eigenvalue weighted by molar-refractivity contribution is -0.157. The fourth-order valence-corrected chi connectivity index (χ4v) is 3.08. The van der Waals surface area contributed by atoms with Crippen molar-refractivity contribution in [1.82, 2.24) is 5.32 Å². The number of nitrogens with one attached hydrogen (secondary N) is 2. The Kier molecular flexibility index (Phi) is 6.30. The molecule has 1 fully saturated rings. The lowest BCUT2D eigenvalue weighted by Crippen LogP contribution is -2.51. The molecule has 0 aromatic heterocycles. The highest BCUT2D eigenvalue weighted by Gasteiger charge is 2.45. The third-order valence-corrected chi connectivity index (χ3v) is 4.93. The molecule has 2 N–H and O–H groups in total. The number of carbonyl (C=O) groups is 2. The molecule has 3 rings (SSSR count). The van der Waals surface area contributed by atoms with Gasteiger partial charge in [0, 0.05) is 28.0 Å². The summed E-state index contributed by atoms with van der Waals surface area (Å²) in [6.45, 7) is 4.22. The van der Waals surface area contributed by atoms with Crippen LogP contribution in [0.25, 0.3) is 0 Å². The van der Waals surface area contributed by atoms with Crippen molar-refractivity contribution in [3.8, 4) is 0 Å². The number of rotatable bonds is 7. The van der Waals surface area contributed by atoms with E-state index in [0.29, 0.717) is 29.1 Å². The van der Waals surface area contributed by atoms with Crippen molar-refractivity contribution in [2.24, 2.45) is 5.41 Å². The average Bonchev–Trinajstić information content (AvgIpc) is 2.64. The summed E-state index contributed by atoms with van der Waals surface area (Å²) in [5, 5.41) is 5.73. The molecule has 1 aliphatic heterocycles. The summed E-state index contributed by atoms with van der Waals surface area (Å²) >= 11 is 5.89. The highest BCUT2D eigenvalue weighted by molar-refractivity contribution is 6.31. The van der Waals surface area contributed by atoms with E-state index in [2.05, 4.69) is 17.2 Å². The maximum absolute atomic E-state index is 13.4. The molecule has 0 atom stereocenters. The number of carbonyl (C=O) groups excluding carboxylic acids is 2. The monoisotopic (exact) mass is 420 g/mol. The van der Waals surface area contributed by atoms with E-state index in [1.807, 2.05) is 0 Å². The molecule has 2 aromatic carbocycles. The fourth-order valence-electron chi connectivity index (χ4n) is 2.89. The molecule has 0 unspecified atom stereocenters. The molecule has 1 aliphatic rings. The van der Waals surface area contributed by atoms with Crippen LogP contribution in [-0.4, -0.2) is 25.0 Å². The molecule has 2 amide bonds. The first-order chi connectivity index (χ1) is 13.8. The summed E-state index contributed by atoms with van der Waals surface area (Å²) in [6.07, 6.45) is 0.720. The first-order valence-corrected chi connectivity index (χ1v) is 9.26. The molecular weight excluding hydrogens is 402 g/mol. The smallest absolute Gasteiger partial charge is 0.255 e. The van der Waals surface area contributed by atoms with E-state index in [1.165, 1.54) is 6.07 Å². The third kappa shape index (κ3) is 4.99. The molecule has 0 bridgehead atoms. The van der Waals surface area contributed by atoms with Crippen molar-refractivity contribution >= 4 is 29.1 Å². The Morgan fingerprint density at radius 2 is 1.90 bits per heavy atom. The highest BCUT2D eigenvalue weighted by Crippen LogP contribution is 2.35. The maximum atomic E-state index is 13.4. The van der Waals surface area contributed by atoms with Gasteiger partial charge in [-0.05, 0) is 43.2 Å². The second kappa shape index (κ2) is 8.71. The van der Waals surface area contributed by atoms with Crippen LogP contribution in [0, 0.1) is 17.0 Å². The van der Waals surface area contributed by atoms with Crippen molar-refractivity contribution in [3.63, 3.8) is 0 Å². The number of halogens is 3. The topological polar surface area (TPSA) is 67.4 Å². The van der Waals surface area contributed by atoms with E-state index in [4.69, 9.17) is 16.3 Å². The summed E-state index contributed by atoms with van der Waals surface area (Å²) in [5.74, 6) is -2.73. The Labute approximate surface area is 171 Å². The summed E-state index contributed by atoms with van der Waals surface area (Å²) in [7, 11) is 0.